The number of hydrogen-bond acceptors (Lipinski definition) is 7. The molecule has 0 spiro atoms. The Kier molecular flexibility index (Phi) is 42.5. The van der Waals surface area contributed by atoms with Crippen molar-refractivity contribution in [3.8, 4) is 0 Å². The first-order chi connectivity index (χ1) is 30.1. The number of carboxylic acids is 1. The van der Waals surface area contributed by atoms with Crippen LogP contribution in [-0.2, 0) is 28.6 Å². The number of carboxylic acid groups (broad SMARTS) is 1. The van der Waals surface area contributed by atoms with Crippen molar-refractivity contribution in [3.05, 3.63) is 60.8 Å². The van der Waals surface area contributed by atoms with Gasteiger partial charge in [-0.15, -0.1) is 0 Å². The molecule has 358 valence electrons. The second-order valence-electron chi connectivity index (χ2n) is 18.0. The Morgan fingerprint density at radius 2 is 0.903 bits per heavy atom. The van der Waals surface area contributed by atoms with Gasteiger partial charge in [0.25, 0.3) is 0 Å². The number of allylic oxidation sites excluding steroid dienone is 10. The molecular weight excluding hydrogens is 775 g/mol. The van der Waals surface area contributed by atoms with Crippen LogP contribution in [0.25, 0.3) is 0 Å². The fraction of sp³-hybridized carbons (Fsp3) is 0.759. The average Bonchev–Trinajstić information content (AvgIpc) is 3.23. The molecular formula is C54H95NO7. The van der Waals surface area contributed by atoms with E-state index >= 15 is 0 Å². The van der Waals surface area contributed by atoms with Gasteiger partial charge in [-0.3, -0.25) is 9.59 Å². The Morgan fingerprint density at radius 3 is 1.31 bits per heavy atom. The van der Waals surface area contributed by atoms with Crippen LogP contribution in [0.15, 0.2) is 60.8 Å². The van der Waals surface area contributed by atoms with Crippen molar-refractivity contribution < 1.29 is 38.2 Å². The smallest absolute Gasteiger partial charge is 0.306 e. The van der Waals surface area contributed by atoms with E-state index in [-0.39, 0.29) is 49.1 Å². The summed E-state index contributed by atoms with van der Waals surface area (Å²) in [7, 11) is 5.39. The minimum atomic E-state index is -1.13. The van der Waals surface area contributed by atoms with Crippen LogP contribution in [0.3, 0.4) is 0 Å². The van der Waals surface area contributed by atoms with Crippen LogP contribution in [0, 0.1) is 0 Å². The molecule has 62 heavy (non-hydrogen) atoms. The number of unbranched alkanes of at least 4 members (excludes halogenated alkanes) is 21. The average molecular weight is 870 g/mol. The van der Waals surface area contributed by atoms with Crippen LogP contribution in [0.2, 0.25) is 0 Å². The highest BCUT2D eigenvalue weighted by Gasteiger charge is 2.25. The van der Waals surface area contributed by atoms with E-state index in [0.29, 0.717) is 12.8 Å². The van der Waals surface area contributed by atoms with Crippen molar-refractivity contribution in [2.24, 2.45) is 0 Å². The molecule has 2 unspecified atom stereocenters. The van der Waals surface area contributed by atoms with Gasteiger partial charge in [-0.2, -0.15) is 0 Å². The van der Waals surface area contributed by atoms with Crippen molar-refractivity contribution in [1.82, 2.24) is 0 Å². The van der Waals surface area contributed by atoms with Gasteiger partial charge in [0.05, 0.1) is 40.3 Å². The van der Waals surface area contributed by atoms with E-state index in [9.17, 15) is 19.5 Å². The van der Waals surface area contributed by atoms with E-state index in [1.54, 1.807) is 21.1 Å². The third-order valence-electron chi connectivity index (χ3n) is 11.2. The van der Waals surface area contributed by atoms with Gasteiger partial charge in [0.15, 0.2) is 6.10 Å². The van der Waals surface area contributed by atoms with Gasteiger partial charge < -0.3 is 28.6 Å². The minimum absolute atomic E-state index is 0.0179. The molecule has 0 aliphatic heterocycles. The Balaban J connectivity index is 4.29. The fourth-order valence-corrected chi connectivity index (χ4v) is 7.30. The lowest BCUT2D eigenvalue weighted by atomic mass is 10.0. The Morgan fingerprint density at radius 1 is 0.500 bits per heavy atom. The Bertz CT molecular complexity index is 1200. The highest BCUT2D eigenvalue weighted by Crippen LogP contribution is 2.16. The lowest BCUT2D eigenvalue weighted by Gasteiger charge is -2.34. The van der Waals surface area contributed by atoms with Gasteiger partial charge >= 0.3 is 11.9 Å². The third-order valence-corrected chi connectivity index (χ3v) is 11.2. The quantitative estimate of drug-likeness (QED) is 0.0260. The van der Waals surface area contributed by atoms with Crippen LogP contribution >= 0.6 is 0 Å². The second-order valence-corrected chi connectivity index (χ2v) is 18.0. The zero-order chi connectivity index (χ0) is 45.6. The Hall–Kier alpha value is -2.97. The summed E-state index contributed by atoms with van der Waals surface area (Å²) >= 11 is 0. The summed E-state index contributed by atoms with van der Waals surface area (Å²) in [4.78, 5) is 37.0. The van der Waals surface area contributed by atoms with Crippen LogP contribution in [0.1, 0.15) is 213 Å². The summed E-state index contributed by atoms with van der Waals surface area (Å²) in [5, 5.41) is 11.7. The first kappa shape index (κ1) is 59.0. The summed E-state index contributed by atoms with van der Waals surface area (Å²) in [5.41, 5.74) is 0. The molecule has 0 amide bonds. The van der Waals surface area contributed by atoms with Gasteiger partial charge in [-0.05, 0) is 44.9 Å². The van der Waals surface area contributed by atoms with Gasteiger partial charge in [0.2, 0.25) is 0 Å². The maximum absolute atomic E-state index is 12.8. The molecule has 0 radical (unpaired) electrons. The van der Waals surface area contributed by atoms with Crippen molar-refractivity contribution >= 4 is 17.9 Å². The third kappa shape index (κ3) is 42.3. The summed E-state index contributed by atoms with van der Waals surface area (Å²) in [5.74, 6) is -1.83. The maximum atomic E-state index is 12.8. The van der Waals surface area contributed by atoms with E-state index in [0.717, 1.165) is 51.4 Å². The molecule has 0 heterocycles. The second kappa shape index (κ2) is 44.6. The molecule has 2 atom stereocenters. The molecule has 0 aromatic rings. The fourth-order valence-electron chi connectivity index (χ4n) is 7.30. The minimum Gasteiger partial charge on any atom is -0.544 e. The first-order valence-corrected chi connectivity index (χ1v) is 25.3. The molecule has 0 aromatic heterocycles. The predicted molar refractivity (Wildman–Crippen MR) is 259 cm³/mol. The number of quaternary nitrogens is 1. The molecule has 0 aliphatic carbocycles. The van der Waals surface area contributed by atoms with Crippen molar-refractivity contribution in [2.45, 2.75) is 225 Å². The van der Waals surface area contributed by atoms with Gasteiger partial charge in [0, 0.05) is 19.3 Å². The van der Waals surface area contributed by atoms with Gasteiger partial charge in [-0.1, -0.05) is 209 Å². The van der Waals surface area contributed by atoms with E-state index in [1.165, 1.54) is 122 Å². The molecule has 0 rings (SSSR count). The van der Waals surface area contributed by atoms with Crippen molar-refractivity contribution in [1.29, 1.82) is 0 Å². The van der Waals surface area contributed by atoms with Gasteiger partial charge in [-0.25, -0.2) is 0 Å². The highest BCUT2D eigenvalue weighted by atomic mass is 16.6. The molecule has 8 heteroatoms. The molecule has 0 aromatic carbocycles. The number of nitrogens with zero attached hydrogens (tertiary/aromatic N) is 1. The number of likely N-dealkylation sites (N-methyl/N-ethyl adjacent to an activating group) is 1. The number of esters is 2. The molecule has 0 saturated heterocycles. The highest BCUT2D eigenvalue weighted by molar-refractivity contribution is 5.70. The summed E-state index contributed by atoms with van der Waals surface area (Å²) < 4.78 is 17.1. The molecule has 0 fully saturated rings. The standard InChI is InChI=1S/C54H95NO7/c1-6-8-10-12-14-16-18-20-22-24-25-26-27-28-29-31-33-35-37-39-41-43-45-53(57)62-50(48-60-47-46-51(54(58)59)55(3,4)5)49-61-52(56)44-42-40-38-36-34-32-30-23-21-19-17-15-13-11-9-7-2/h9,11,15,17,21,23,32,34,38,40,50-51H,6-8,10,12-14,16,18-20,22,24-31,33,35-37,39,41-49H2,1-5H3/b11-9+,17-15+,23-21+,34-32+,40-38+. The molecule has 0 bridgehead atoms. The summed E-state index contributed by atoms with van der Waals surface area (Å²) in [6.45, 7) is 4.49. The summed E-state index contributed by atoms with van der Waals surface area (Å²) in [6, 6.07) is -0.737. The number of hydrogen-bond donors (Lipinski definition) is 0. The Labute approximate surface area is 381 Å². The van der Waals surface area contributed by atoms with Crippen molar-refractivity contribution in [3.63, 3.8) is 0 Å². The van der Waals surface area contributed by atoms with Crippen LogP contribution < -0.4 is 5.11 Å². The van der Waals surface area contributed by atoms with E-state index in [4.69, 9.17) is 14.2 Å². The lowest BCUT2D eigenvalue weighted by molar-refractivity contribution is -0.889. The number of rotatable bonds is 45. The SMILES string of the molecule is CC/C=C/C/C=C/C/C=C/C/C=C/C/C=C/CCC(=O)OCC(COCCC(C(=O)[O-])[N+](C)(C)C)OC(=O)CCCCCCCCCCCCCCCCCCCCCCCC. The van der Waals surface area contributed by atoms with Crippen LogP contribution in [0.5, 0.6) is 0 Å². The summed E-state index contributed by atoms with van der Waals surface area (Å²) in [6.07, 6.45) is 55.6. The van der Waals surface area contributed by atoms with E-state index in [1.807, 2.05) is 12.2 Å². The molecule has 8 nitrogen and oxygen atoms in total. The topological polar surface area (TPSA) is 102 Å². The van der Waals surface area contributed by atoms with E-state index < -0.39 is 18.1 Å². The lowest BCUT2D eigenvalue weighted by Crippen LogP contribution is -2.55. The largest absolute Gasteiger partial charge is 0.544 e. The van der Waals surface area contributed by atoms with Crippen LogP contribution in [0.4, 0.5) is 0 Å². The van der Waals surface area contributed by atoms with Gasteiger partial charge in [0.1, 0.15) is 12.6 Å². The van der Waals surface area contributed by atoms with Crippen LogP contribution in [-0.4, -0.2) is 75.5 Å². The molecule has 0 saturated carbocycles. The number of carbonyl (C=O) groups is 3. The zero-order valence-electron chi connectivity index (χ0n) is 40.8. The van der Waals surface area contributed by atoms with Crippen molar-refractivity contribution in [2.75, 3.05) is 41.0 Å². The zero-order valence-corrected chi connectivity index (χ0v) is 40.8. The number of ether oxygens (including phenoxy) is 3. The molecule has 0 aliphatic rings. The maximum Gasteiger partial charge on any atom is 0.306 e. The number of carbonyl (C=O) groups excluding carboxylic acids is 3. The molecule has 0 N–H and O–H groups in total. The normalized spacial score (nSPS) is 13.4. The van der Waals surface area contributed by atoms with E-state index in [2.05, 4.69) is 62.5 Å². The first-order valence-electron chi connectivity index (χ1n) is 25.3. The predicted octanol–water partition coefficient (Wildman–Crippen LogP) is 13.2. The number of aliphatic carboxylic acids is 1. The monoisotopic (exact) mass is 870 g/mol.